The van der Waals surface area contributed by atoms with Crippen molar-refractivity contribution in [3.05, 3.63) is 0 Å². The number of nitriles is 1. The van der Waals surface area contributed by atoms with Gasteiger partial charge in [-0.15, -0.1) is 0 Å². The Hall–Kier alpha value is -1.22. The van der Waals surface area contributed by atoms with E-state index < -0.39 is 30.4 Å². The molecule has 1 amide bonds. The highest BCUT2D eigenvalue weighted by atomic mass is 19.3. The van der Waals surface area contributed by atoms with Crippen molar-refractivity contribution in [2.45, 2.75) is 25.7 Å². The van der Waals surface area contributed by atoms with Gasteiger partial charge < -0.3 is 10.4 Å². The number of nitrogens with one attached hydrogen (secondary N) is 1. The van der Waals surface area contributed by atoms with Gasteiger partial charge in [-0.2, -0.15) is 5.26 Å². The molecule has 16 heavy (non-hydrogen) atoms. The van der Waals surface area contributed by atoms with Crippen LogP contribution in [0.1, 0.15) is 19.8 Å². The van der Waals surface area contributed by atoms with Crippen molar-refractivity contribution in [3.63, 3.8) is 0 Å². The smallest absolute Gasteiger partial charge is 0.287 e. The standard InChI is InChI=1S/C10H14F2N2O2/c1-7-2-9(3-7,4-13)8(16)14-5-10(11,12)6-15/h7,15H,2-3,5-6H2,1H3,(H,14,16). The van der Waals surface area contributed by atoms with E-state index in [1.54, 1.807) is 0 Å². The van der Waals surface area contributed by atoms with E-state index in [9.17, 15) is 13.6 Å². The summed E-state index contributed by atoms with van der Waals surface area (Å²) in [7, 11) is 0. The summed E-state index contributed by atoms with van der Waals surface area (Å²) >= 11 is 0. The van der Waals surface area contributed by atoms with Crippen molar-refractivity contribution in [2.75, 3.05) is 13.2 Å². The summed E-state index contributed by atoms with van der Waals surface area (Å²) in [6.07, 6.45) is 0.806. The second-order valence-corrected chi connectivity index (χ2v) is 4.40. The zero-order chi connectivity index (χ0) is 12.4. The molecular formula is C10H14F2N2O2. The Bertz CT molecular complexity index is 319. The van der Waals surface area contributed by atoms with Gasteiger partial charge in [0.05, 0.1) is 12.6 Å². The molecule has 2 N–H and O–H groups in total. The molecule has 1 rings (SSSR count). The van der Waals surface area contributed by atoms with E-state index in [-0.39, 0.29) is 5.92 Å². The molecule has 0 atom stereocenters. The van der Waals surface area contributed by atoms with E-state index in [1.165, 1.54) is 0 Å². The highest BCUT2D eigenvalue weighted by Crippen LogP contribution is 2.45. The van der Waals surface area contributed by atoms with E-state index >= 15 is 0 Å². The molecule has 0 heterocycles. The van der Waals surface area contributed by atoms with Gasteiger partial charge in [-0.3, -0.25) is 4.79 Å². The zero-order valence-corrected chi connectivity index (χ0v) is 8.96. The van der Waals surface area contributed by atoms with E-state index in [2.05, 4.69) is 0 Å². The van der Waals surface area contributed by atoms with Crippen LogP contribution in [0.2, 0.25) is 0 Å². The second kappa shape index (κ2) is 4.34. The van der Waals surface area contributed by atoms with Gasteiger partial charge in [-0.1, -0.05) is 6.92 Å². The third-order valence-corrected chi connectivity index (χ3v) is 2.78. The number of rotatable bonds is 4. The average molecular weight is 232 g/mol. The minimum absolute atomic E-state index is 0.267. The highest BCUT2D eigenvalue weighted by Gasteiger charge is 2.49. The molecule has 0 aromatic rings. The quantitative estimate of drug-likeness (QED) is 0.748. The lowest BCUT2D eigenvalue weighted by atomic mass is 9.63. The number of halogens is 2. The molecule has 0 bridgehead atoms. The molecular weight excluding hydrogens is 218 g/mol. The minimum Gasteiger partial charge on any atom is -0.390 e. The van der Waals surface area contributed by atoms with Crippen LogP contribution in [0.5, 0.6) is 0 Å². The van der Waals surface area contributed by atoms with Gasteiger partial charge in [-0.25, -0.2) is 8.78 Å². The summed E-state index contributed by atoms with van der Waals surface area (Å²) in [5.41, 5.74) is -1.15. The highest BCUT2D eigenvalue weighted by molar-refractivity contribution is 5.86. The Kier molecular flexibility index (Phi) is 3.48. The van der Waals surface area contributed by atoms with Crippen LogP contribution in [0, 0.1) is 22.7 Å². The van der Waals surface area contributed by atoms with Crippen LogP contribution in [-0.4, -0.2) is 30.1 Å². The van der Waals surface area contributed by atoms with Crippen LogP contribution in [-0.2, 0) is 4.79 Å². The molecule has 0 aromatic carbocycles. The molecule has 4 nitrogen and oxygen atoms in total. The fourth-order valence-corrected chi connectivity index (χ4v) is 1.89. The third-order valence-electron chi connectivity index (χ3n) is 2.78. The lowest BCUT2D eigenvalue weighted by Crippen LogP contribution is -2.51. The van der Waals surface area contributed by atoms with Crippen molar-refractivity contribution in [1.82, 2.24) is 5.32 Å². The summed E-state index contributed by atoms with van der Waals surface area (Å²) in [6, 6.07) is 1.88. The van der Waals surface area contributed by atoms with Gasteiger partial charge in [0.1, 0.15) is 12.0 Å². The van der Waals surface area contributed by atoms with E-state index in [1.807, 2.05) is 18.3 Å². The van der Waals surface area contributed by atoms with E-state index in [4.69, 9.17) is 10.4 Å². The average Bonchev–Trinajstić information content (AvgIpc) is 2.21. The normalized spacial score (nSPS) is 29.1. The monoisotopic (exact) mass is 232 g/mol. The number of amides is 1. The first-order valence-corrected chi connectivity index (χ1v) is 5.03. The molecule has 90 valence electrons. The number of aliphatic hydroxyl groups is 1. The summed E-state index contributed by atoms with van der Waals surface area (Å²) in [5, 5.41) is 19.2. The van der Waals surface area contributed by atoms with Crippen molar-refractivity contribution in [2.24, 2.45) is 11.3 Å². The zero-order valence-electron chi connectivity index (χ0n) is 8.96. The van der Waals surface area contributed by atoms with Crippen LogP contribution in [0.3, 0.4) is 0 Å². The van der Waals surface area contributed by atoms with Crippen LogP contribution in [0.4, 0.5) is 8.78 Å². The fourth-order valence-electron chi connectivity index (χ4n) is 1.89. The maximum absolute atomic E-state index is 12.7. The van der Waals surface area contributed by atoms with E-state index in [0.29, 0.717) is 12.8 Å². The summed E-state index contributed by atoms with van der Waals surface area (Å²) in [4.78, 5) is 11.5. The van der Waals surface area contributed by atoms with Gasteiger partial charge in [0.15, 0.2) is 0 Å². The Morgan fingerprint density at radius 1 is 1.69 bits per heavy atom. The molecule has 0 unspecified atom stereocenters. The summed E-state index contributed by atoms with van der Waals surface area (Å²) in [6.45, 7) is -0.353. The maximum Gasteiger partial charge on any atom is 0.287 e. The topological polar surface area (TPSA) is 73.1 Å². The summed E-state index contributed by atoms with van der Waals surface area (Å²) in [5.74, 6) is -3.73. The molecule has 1 aliphatic carbocycles. The predicted octanol–water partition coefficient (Wildman–Crippen LogP) is 0.670. The van der Waals surface area contributed by atoms with Crippen molar-refractivity contribution in [1.29, 1.82) is 5.26 Å². The lowest BCUT2D eigenvalue weighted by Gasteiger charge is -2.39. The first-order valence-electron chi connectivity index (χ1n) is 5.03. The van der Waals surface area contributed by atoms with E-state index in [0.717, 1.165) is 0 Å². The first kappa shape index (κ1) is 12.8. The van der Waals surface area contributed by atoms with Crippen LogP contribution in [0.15, 0.2) is 0 Å². The molecule has 1 saturated carbocycles. The Morgan fingerprint density at radius 3 is 2.62 bits per heavy atom. The maximum atomic E-state index is 12.7. The molecule has 0 aliphatic heterocycles. The molecule has 6 heteroatoms. The first-order chi connectivity index (χ1) is 7.35. The lowest BCUT2D eigenvalue weighted by molar-refractivity contribution is -0.136. The number of aliphatic hydroxyl groups excluding tert-OH is 1. The second-order valence-electron chi connectivity index (χ2n) is 4.40. The molecule has 0 aromatic heterocycles. The SMILES string of the molecule is CC1CC(C#N)(C(=O)NCC(F)(F)CO)C1. The Morgan fingerprint density at radius 2 is 2.25 bits per heavy atom. The Labute approximate surface area is 92.2 Å². The third kappa shape index (κ3) is 2.47. The largest absolute Gasteiger partial charge is 0.390 e. The van der Waals surface area contributed by atoms with Crippen molar-refractivity contribution in [3.8, 4) is 6.07 Å². The molecule has 0 radical (unpaired) electrons. The molecule has 1 aliphatic rings. The van der Waals surface area contributed by atoms with Crippen LogP contribution >= 0.6 is 0 Å². The van der Waals surface area contributed by atoms with Crippen LogP contribution < -0.4 is 5.32 Å². The Balaban J connectivity index is 2.50. The van der Waals surface area contributed by atoms with Gasteiger partial charge >= 0.3 is 0 Å². The number of hydrogen-bond acceptors (Lipinski definition) is 3. The fraction of sp³-hybridized carbons (Fsp3) is 0.800. The molecule has 1 fully saturated rings. The molecule has 0 saturated heterocycles. The van der Waals surface area contributed by atoms with Crippen LogP contribution in [0.25, 0.3) is 0 Å². The number of nitrogens with zero attached hydrogens (tertiary/aromatic N) is 1. The van der Waals surface area contributed by atoms with Crippen molar-refractivity contribution >= 4 is 5.91 Å². The predicted molar refractivity (Wildman–Crippen MR) is 51.5 cm³/mol. The van der Waals surface area contributed by atoms with Gasteiger partial charge in [0, 0.05) is 0 Å². The minimum atomic E-state index is -3.33. The van der Waals surface area contributed by atoms with Gasteiger partial charge in [-0.05, 0) is 18.8 Å². The summed E-state index contributed by atoms with van der Waals surface area (Å²) < 4.78 is 25.3. The van der Waals surface area contributed by atoms with Crippen molar-refractivity contribution < 1.29 is 18.7 Å². The number of alkyl halides is 2. The number of hydrogen-bond donors (Lipinski definition) is 2. The number of carbonyl (C=O) groups excluding carboxylic acids is 1. The number of carbonyl (C=O) groups is 1. The van der Waals surface area contributed by atoms with Gasteiger partial charge in [0.25, 0.3) is 5.92 Å². The molecule has 0 spiro atoms. The van der Waals surface area contributed by atoms with Gasteiger partial charge in [0.2, 0.25) is 5.91 Å².